The van der Waals surface area contributed by atoms with Gasteiger partial charge in [-0.25, -0.2) is 0 Å². The zero-order valence-electron chi connectivity index (χ0n) is 15.6. The van der Waals surface area contributed by atoms with E-state index in [0.717, 1.165) is 10.1 Å². The Balaban J connectivity index is 1.84. The summed E-state index contributed by atoms with van der Waals surface area (Å²) >= 11 is 0. The smallest absolute Gasteiger partial charge is 0.367 e. The Morgan fingerprint density at radius 3 is 2.48 bits per heavy atom. The van der Waals surface area contributed by atoms with E-state index in [-0.39, 0.29) is 18.1 Å². The molecule has 1 aliphatic rings. The van der Waals surface area contributed by atoms with Crippen LogP contribution in [0.25, 0.3) is 0 Å². The van der Waals surface area contributed by atoms with Gasteiger partial charge in [0.25, 0.3) is 5.91 Å². The van der Waals surface area contributed by atoms with E-state index in [4.69, 9.17) is 4.74 Å². The van der Waals surface area contributed by atoms with Gasteiger partial charge in [-0.05, 0) is 32.4 Å². The third kappa shape index (κ3) is 4.35. The molecule has 0 aliphatic carbocycles. The molecule has 146 valence electrons. The van der Waals surface area contributed by atoms with E-state index in [1.165, 1.54) is 0 Å². The Hall–Kier alpha value is -2.28. The van der Waals surface area contributed by atoms with Crippen LogP contribution in [0.5, 0.6) is 0 Å². The standard InChI is InChI=1S/C20H23F3N2O2/c1-13-9-17(15(3)25(13)12-20(21,22)23)19(26)24-10-14(2)27-18(11-24)16-7-5-4-6-8-16/h4-9,14,18H,10-12H2,1-3H3/t14-,18+/m0/s1. The molecule has 0 spiro atoms. The molecule has 1 amide bonds. The van der Waals surface area contributed by atoms with Crippen molar-refractivity contribution in [2.24, 2.45) is 0 Å². The van der Waals surface area contributed by atoms with Gasteiger partial charge in [0.05, 0.1) is 18.2 Å². The van der Waals surface area contributed by atoms with Gasteiger partial charge in [0, 0.05) is 17.9 Å². The molecule has 1 aromatic carbocycles. The van der Waals surface area contributed by atoms with Crippen LogP contribution in [0.4, 0.5) is 13.2 Å². The van der Waals surface area contributed by atoms with E-state index >= 15 is 0 Å². The first kappa shape index (κ1) is 19.5. The van der Waals surface area contributed by atoms with Crippen molar-refractivity contribution >= 4 is 5.91 Å². The molecule has 0 unspecified atom stereocenters. The molecule has 1 saturated heterocycles. The SMILES string of the molecule is Cc1cc(C(=O)N2C[C@H](C)O[C@@H](c3ccccc3)C2)c(C)n1CC(F)(F)F. The van der Waals surface area contributed by atoms with Crippen molar-refractivity contribution in [3.63, 3.8) is 0 Å². The summed E-state index contributed by atoms with van der Waals surface area (Å²) in [4.78, 5) is 14.7. The number of alkyl halides is 3. The minimum absolute atomic E-state index is 0.161. The summed E-state index contributed by atoms with van der Waals surface area (Å²) < 4.78 is 45.6. The molecule has 0 bridgehead atoms. The van der Waals surface area contributed by atoms with E-state index in [9.17, 15) is 18.0 Å². The zero-order chi connectivity index (χ0) is 19.8. The number of nitrogens with zero attached hydrogens (tertiary/aromatic N) is 2. The number of aryl methyl sites for hydroxylation is 1. The van der Waals surface area contributed by atoms with Crippen molar-refractivity contribution in [1.82, 2.24) is 9.47 Å². The number of ether oxygens (including phenoxy) is 1. The first-order valence-corrected chi connectivity index (χ1v) is 8.89. The maximum atomic E-state index is 13.0. The molecule has 3 rings (SSSR count). The summed E-state index contributed by atoms with van der Waals surface area (Å²) in [6.07, 6.45) is -4.75. The molecule has 1 fully saturated rings. The van der Waals surface area contributed by atoms with Crippen molar-refractivity contribution in [2.45, 2.75) is 45.7 Å². The Kier molecular flexibility index (Phi) is 5.33. The van der Waals surface area contributed by atoms with Crippen LogP contribution in [0.1, 0.15) is 40.3 Å². The predicted octanol–water partition coefficient (Wildman–Crippen LogP) is 4.27. The number of carbonyl (C=O) groups excluding carboxylic acids is 1. The van der Waals surface area contributed by atoms with Gasteiger partial charge in [0.15, 0.2) is 0 Å². The average molecular weight is 380 g/mol. The lowest BCUT2D eigenvalue weighted by molar-refractivity contribution is -0.141. The fourth-order valence-electron chi connectivity index (χ4n) is 3.58. The van der Waals surface area contributed by atoms with E-state index in [1.54, 1.807) is 24.8 Å². The predicted molar refractivity (Wildman–Crippen MR) is 95.6 cm³/mol. The highest BCUT2D eigenvalue weighted by atomic mass is 19.4. The highest BCUT2D eigenvalue weighted by Crippen LogP contribution is 2.28. The van der Waals surface area contributed by atoms with Crippen molar-refractivity contribution in [3.05, 3.63) is 58.9 Å². The highest BCUT2D eigenvalue weighted by molar-refractivity contribution is 5.95. The normalized spacial score (nSPS) is 20.7. The van der Waals surface area contributed by atoms with Gasteiger partial charge >= 0.3 is 6.18 Å². The van der Waals surface area contributed by atoms with Crippen molar-refractivity contribution in [2.75, 3.05) is 13.1 Å². The molecule has 27 heavy (non-hydrogen) atoms. The van der Waals surface area contributed by atoms with Crippen LogP contribution in [0.15, 0.2) is 36.4 Å². The van der Waals surface area contributed by atoms with Gasteiger partial charge in [-0.1, -0.05) is 30.3 Å². The first-order valence-electron chi connectivity index (χ1n) is 8.89. The monoisotopic (exact) mass is 380 g/mol. The third-order valence-electron chi connectivity index (χ3n) is 4.86. The minimum Gasteiger partial charge on any atom is -0.367 e. The lowest BCUT2D eigenvalue weighted by atomic mass is 10.1. The minimum atomic E-state index is -4.33. The maximum Gasteiger partial charge on any atom is 0.406 e. The van der Waals surface area contributed by atoms with Gasteiger partial charge in [0.2, 0.25) is 0 Å². The second-order valence-electron chi connectivity index (χ2n) is 7.04. The Morgan fingerprint density at radius 1 is 1.19 bits per heavy atom. The molecule has 1 aliphatic heterocycles. The number of hydrogen-bond donors (Lipinski definition) is 0. The Bertz CT molecular complexity index is 815. The lowest BCUT2D eigenvalue weighted by Gasteiger charge is -2.37. The largest absolute Gasteiger partial charge is 0.406 e. The molecule has 1 aromatic heterocycles. The van der Waals surface area contributed by atoms with E-state index in [0.29, 0.717) is 30.0 Å². The molecule has 7 heteroatoms. The fourth-order valence-corrected chi connectivity index (χ4v) is 3.58. The van der Waals surface area contributed by atoms with Crippen LogP contribution >= 0.6 is 0 Å². The molecule has 2 heterocycles. The quantitative estimate of drug-likeness (QED) is 0.797. The number of morpholine rings is 1. The number of rotatable bonds is 3. The van der Waals surface area contributed by atoms with Gasteiger partial charge in [0.1, 0.15) is 12.6 Å². The zero-order valence-corrected chi connectivity index (χ0v) is 15.6. The average Bonchev–Trinajstić information content (AvgIpc) is 2.88. The van der Waals surface area contributed by atoms with Gasteiger partial charge < -0.3 is 14.2 Å². The molecule has 4 nitrogen and oxygen atoms in total. The van der Waals surface area contributed by atoms with Gasteiger partial charge in [-0.3, -0.25) is 4.79 Å². The van der Waals surface area contributed by atoms with E-state index < -0.39 is 12.7 Å². The van der Waals surface area contributed by atoms with Crippen LogP contribution in [-0.4, -0.2) is 40.7 Å². The second-order valence-corrected chi connectivity index (χ2v) is 7.04. The number of aromatic nitrogens is 1. The summed E-state index contributed by atoms with van der Waals surface area (Å²) in [6.45, 7) is 4.72. The summed E-state index contributed by atoms with van der Waals surface area (Å²) in [5.74, 6) is -0.257. The van der Waals surface area contributed by atoms with Crippen LogP contribution in [0, 0.1) is 13.8 Å². The van der Waals surface area contributed by atoms with Gasteiger partial charge in [-0.15, -0.1) is 0 Å². The van der Waals surface area contributed by atoms with Crippen LogP contribution in [-0.2, 0) is 11.3 Å². The maximum absolute atomic E-state index is 13.0. The van der Waals surface area contributed by atoms with E-state index in [1.807, 2.05) is 37.3 Å². The Morgan fingerprint density at radius 2 is 1.85 bits per heavy atom. The van der Waals surface area contributed by atoms with Crippen LogP contribution in [0.2, 0.25) is 0 Å². The van der Waals surface area contributed by atoms with Crippen LogP contribution < -0.4 is 0 Å². The number of benzene rings is 1. The van der Waals surface area contributed by atoms with Crippen molar-refractivity contribution in [3.8, 4) is 0 Å². The summed E-state index contributed by atoms with van der Waals surface area (Å²) in [5, 5.41) is 0. The summed E-state index contributed by atoms with van der Waals surface area (Å²) in [6, 6.07) is 11.2. The molecule has 0 saturated carbocycles. The molecular formula is C20H23F3N2O2. The highest BCUT2D eigenvalue weighted by Gasteiger charge is 2.33. The third-order valence-corrected chi connectivity index (χ3v) is 4.86. The molecular weight excluding hydrogens is 357 g/mol. The number of amides is 1. The topological polar surface area (TPSA) is 34.5 Å². The molecule has 0 radical (unpaired) electrons. The lowest BCUT2D eigenvalue weighted by Crippen LogP contribution is -2.46. The number of halogens is 3. The first-order chi connectivity index (χ1) is 12.7. The Labute approximate surface area is 156 Å². The summed E-state index contributed by atoms with van der Waals surface area (Å²) in [5.41, 5.74) is 2.06. The van der Waals surface area contributed by atoms with Gasteiger partial charge in [-0.2, -0.15) is 13.2 Å². The second kappa shape index (κ2) is 7.38. The molecule has 2 aromatic rings. The van der Waals surface area contributed by atoms with E-state index in [2.05, 4.69) is 0 Å². The van der Waals surface area contributed by atoms with Crippen LogP contribution in [0.3, 0.4) is 0 Å². The van der Waals surface area contributed by atoms with Crippen molar-refractivity contribution < 1.29 is 22.7 Å². The molecule has 0 N–H and O–H groups in total. The number of hydrogen-bond acceptors (Lipinski definition) is 2. The van der Waals surface area contributed by atoms with Crippen molar-refractivity contribution in [1.29, 1.82) is 0 Å². The number of carbonyl (C=O) groups is 1. The molecule has 2 atom stereocenters. The fraction of sp³-hybridized carbons (Fsp3) is 0.450. The summed E-state index contributed by atoms with van der Waals surface area (Å²) in [7, 11) is 0.